The van der Waals surface area contributed by atoms with Crippen LogP contribution in [0.5, 0.6) is 5.75 Å². The highest BCUT2D eigenvalue weighted by Crippen LogP contribution is 2.40. The summed E-state index contributed by atoms with van der Waals surface area (Å²) in [6.07, 6.45) is 3.31. The first-order chi connectivity index (χ1) is 17.4. The maximum atomic E-state index is 12.8. The third kappa shape index (κ3) is 5.18. The highest BCUT2D eigenvalue weighted by molar-refractivity contribution is 6.06. The number of hydrogen-bond acceptors (Lipinski definition) is 5. The van der Waals surface area contributed by atoms with Gasteiger partial charge in [-0.25, -0.2) is 4.79 Å². The maximum Gasteiger partial charge on any atom is 0.338 e. The van der Waals surface area contributed by atoms with E-state index in [-0.39, 0.29) is 5.91 Å². The second-order valence-electron chi connectivity index (χ2n) is 8.32. The van der Waals surface area contributed by atoms with Gasteiger partial charge < -0.3 is 19.2 Å². The largest absolute Gasteiger partial charge is 0.493 e. The van der Waals surface area contributed by atoms with E-state index < -0.39 is 5.97 Å². The standard InChI is InChI=1S/C30H29NO5/c1-5-34-28-20(4)29-25(26(18-36-29)21-10-8-7-9-11-21)17-24(28)19(3)16-27(32)31-23-14-12-22(13-15-23)30(33)35-6-2/h7-18H,5-6H2,1-4H3,(H,31,32)/b19-16+. The zero-order chi connectivity index (χ0) is 25.7. The number of rotatable bonds is 8. The van der Waals surface area contributed by atoms with Gasteiger partial charge in [-0.2, -0.15) is 0 Å². The summed E-state index contributed by atoms with van der Waals surface area (Å²) in [6, 6.07) is 18.7. The second kappa shape index (κ2) is 11.0. The molecule has 0 fully saturated rings. The molecule has 0 spiro atoms. The number of aryl methyl sites for hydroxylation is 1. The molecule has 1 amide bonds. The van der Waals surface area contributed by atoms with E-state index in [1.165, 1.54) is 0 Å². The molecule has 0 saturated heterocycles. The molecular formula is C30H29NO5. The van der Waals surface area contributed by atoms with Gasteiger partial charge in [0.15, 0.2) is 0 Å². The highest BCUT2D eigenvalue weighted by Gasteiger charge is 2.19. The van der Waals surface area contributed by atoms with E-state index >= 15 is 0 Å². The number of allylic oxidation sites excluding steroid dienone is 1. The molecule has 0 aliphatic carbocycles. The normalized spacial score (nSPS) is 11.4. The van der Waals surface area contributed by atoms with Crippen LogP contribution in [0.3, 0.4) is 0 Å². The van der Waals surface area contributed by atoms with Gasteiger partial charge in [0.1, 0.15) is 11.3 Å². The van der Waals surface area contributed by atoms with Crippen molar-refractivity contribution < 1.29 is 23.5 Å². The SMILES string of the molecule is CCOC(=O)c1ccc(NC(=O)/C=C(\C)c2cc3c(-c4ccccc4)coc3c(C)c2OCC)cc1. The fraction of sp³-hybridized carbons (Fsp3) is 0.200. The Balaban J connectivity index is 1.66. The number of carbonyl (C=O) groups excluding carboxylic acids is 2. The molecule has 6 nitrogen and oxygen atoms in total. The molecule has 36 heavy (non-hydrogen) atoms. The van der Waals surface area contributed by atoms with Crippen molar-refractivity contribution in [2.45, 2.75) is 27.7 Å². The van der Waals surface area contributed by atoms with Crippen LogP contribution in [0.1, 0.15) is 42.3 Å². The summed E-state index contributed by atoms with van der Waals surface area (Å²) < 4.78 is 16.9. The minimum absolute atomic E-state index is 0.285. The molecule has 1 aromatic heterocycles. The van der Waals surface area contributed by atoms with Crippen LogP contribution in [0.2, 0.25) is 0 Å². The number of benzene rings is 3. The van der Waals surface area contributed by atoms with Crippen LogP contribution in [0.4, 0.5) is 5.69 Å². The predicted octanol–water partition coefficient (Wildman–Crippen LogP) is 7.03. The third-order valence-electron chi connectivity index (χ3n) is 5.85. The van der Waals surface area contributed by atoms with E-state index in [0.29, 0.717) is 30.2 Å². The lowest BCUT2D eigenvalue weighted by atomic mass is 9.96. The maximum absolute atomic E-state index is 12.8. The van der Waals surface area contributed by atoms with Crippen molar-refractivity contribution in [1.82, 2.24) is 0 Å². The van der Waals surface area contributed by atoms with Crippen molar-refractivity contribution >= 4 is 34.1 Å². The molecule has 0 aliphatic heterocycles. The van der Waals surface area contributed by atoms with Gasteiger partial charge in [-0.1, -0.05) is 30.3 Å². The number of amides is 1. The zero-order valence-electron chi connectivity index (χ0n) is 20.9. The summed E-state index contributed by atoms with van der Waals surface area (Å²) in [4.78, 5) is 24.7. The summed E-state index contributed by atoms with van der Waals surface area (Å²) in [5, 5.41) is 3.81. The molecule has 0 saturated carbocycles. The van der Waals surface area contributed by atoms with E-state index in [0.717, 1.165) is 38.8 Å². The van der Waals surface area contributed by atoms with E-state index in [1.807, 2.05) is 57.2 Å². The molecule has 4 rings (SSSR count). The number of hydrogen-bond donors (Lipinski definition) is 1. The molecule has 0 atom stereocenters. The molecule has 4 aromatic rings. The van der Waals surface area contributed by atoms with E-state index in [4.69, 9.17) is 13.9 Å². The van der Waals surface area contributed by atoms with Crippen LogP contribution in [-0.2, 0) is 9.53 Å². The minimum Gasteiger partial charge on any atom is -0.493 e. The monoisotopic (exact) mass is 483 g/mol. The van der Waals surface area contributed by atoms with Crippen LogP contribution in [-0.4, -0.2) is 25.1 Å². The third-order valence-corrected chi connectivity index (χ3v) is 5.85. The first-order valence-electron chi connectivity index (χ1n) is 11.9. The Morgan fingerprint density at radius 3 is 2.39 bits per heavy atom. The van der Waals surface area contributed by atoms with Crippen molar-refractivity contribution in [3.05, 3.63) is 89.7 Å². The molecule has 0 bridgehead atoms. The van der Waals surface area contributed by atoms with Gasteiger partial charge in [-0.3, -0.25) is 4.79 Å². The Bertz CT molecular complexity index is 1420. The molecule has 1 heterocycles. The average Bonchev–Trinajstić information content (AvgIpc) is 3.31. The van der Waals surface area contributed by atoms with Crippen LogP contribution >= 0.6 is 0 Å². The van der Waals surface area contributed by atoms with Gasteiger partial charge >= 0.3 is 5.97 Å². The quantitative estimate of drug-likeness (QED) is 0.215. The van der Waals surface area contributed by atoms with Crippen LogP contribution < -0.4 is 10.1 Å². The first kappa shape index (κ1) is 24.8. The smallest absolute Gasteiger partial charge is 0.338 e. The van der Waals surface area contributed by atoms with Crippen LogP contribution in [0, 0.1) is 6.92 Å². The van der Waals surface area contributed by atoms with E-state index in [2.05, 4.69) is 5.32 Å². The van der Waals surface area contributed by atoms with Gasteiger partial charge in [0.2, 0.25) is 5.91 Å². The molecule has 3 aromatic carbocycles. The summed E-state index contributed by atoms with van der Waals surface area (Å²) in [5.41, 5.74) is 6.27. The van der Waals surface area contributed by atoms with Crippen molar-refractivity contribution in [1.29, 1.82) is 0 Å². The molecule has 0 unspecified atom stereocenters. The lowest BCUT2D eigenvalue weighted by molar-refractivity contribution is -0.111. The number of furan rings is 1. The fourth-order valence-corrected chi connectivity index (χ4v) is 4.14. The van der Waals surface area contributed by atoms with Crippen molar-refractivity contribution in [2.75, 3.05) is 18.5 Å². The lowest BCUT2D eigenvalue weighted by Gasteiger charge is -2.15. The number of esters is 1. The molecular weight excluding hydrogens is 454 g/mol. The fourth-order valence-electron chi connectivity index (χ4n) is 4.14. The highest BCUT2D eigenvalue weighted by atomic mass is 16.5. The first-order valence-corrected chi connectivity index (χ1v) is 11.9. The summed E-state index contributed by atoms with van der Waals surface area (Å²) in [5.74, 6) is 0.0146. The molecule has 184 valence electrons. The number of carbonyl (C=O) groups is 2. The van der Waals surface area contributed by atoms with E-state index in [1.54, 1.807) is 43.5 Å². The predicted molar refractivity (Wildman–Crippen MR) is 142 cm³/mol. The van der Waals surface area contributed by atoms with Crippen LogP contribution in [0.15, 0.2) is 77.4 Å². The van der Waals surface area contributed by atoms with E-state index in [9.17, 15) is 9.59 Å². The van der Waals surface area contributed by atoms with Crippen LogP contribution in [0.25, 0.3) is 27.7 Å². The lowest BCUT2D eigenvalue weighted by Crippen LogP contribution is -2.10. The van der Waals surface area contributed by atoms with Crippen molar-refractivity contribution in [3.8, 4) is 16.9 Å². The Hall–Kier alpha value is -4.32. The molecule has 0 aliphatic rings. The number of nitrogens with one attached hydrogen (secondary N) is 1. The topological polar surface area (TPSA) is 77.8 Å². The average molecular weight is 484 g/mol. The zero-order valence-corrected chi connectivity index (χ0v) is 20.9. The number of anilines is 1. The van der Waals surface area contributed by atoms with Gasteiger partial charge in [0.05, 0.1) is 25.0 Å². The Labute approximate surface area is 210 Å². The van der Waals surface area contributed by atoms with Gasteiger partial charge in [0.25, 0.3) is 0 Å². The Morgan fingerprint density at radius 2 is 1.72 bits per heavy atom. The number of fused-ring (bicyclic) bond motifs is 1. The van der Waals surface area contributed by atoms with Crippen molar-refractivity contribution in [2.24, 2.45) is 0 Å². The number of ether oxygens (including phenoxy) is 2. The van der Waals surface area contributed by atoms with Crippen molar-refractivity contribution in [3.63, 3.8) is 0 Å². The summed E-state index contributed by atoms with van der Waals surface area (Å²) in [7, 11) is 0. The second-order valence-corrected chi connectivity index (χ2v) is 8.32. The van der Waals surface area contributed by atoms with Gasteiger partial charge in [0, 0.05) is 33.8 Å². The molecule has 6 heteroatoms. The Kier molecular flexibility index (Phi) is 7.54. The van der Waals surface area contributed by atoms with Gasteiger partial charge in [-0.05, 0) is 69.2 Å². The summed E-state index contributed by atoms with van der Waals surface area (Å²) >= 11 is 0. The molecule has 1 N–H and O–H groups in total. The Morgan fingerprint density at radius 1 is 1.00 bits per heavy atom. The minimum atomic E-state index is -0.394. The summed E-state index contributed by atoms with van der Waals surface area (Å²) in [6.45, 7) is 8.32. The van der Waals surface area contributed by atoms with Gasteiger partial charge in [-0.15, -0.1) is 0 Å². The molecule has 0 radical (unpaired) electrons.